The van der Waals surface area contributed by atoms with Crippen LogP contribution in [-0.4, -0.2) is 34.8 Å². The van der Waals surface area contributed by atoms with Crippen LogP contribution in [0.3, 0.4) is 0 Å². The van der Waals surface area contributed by atoms with E-state index < -0.39 is 23.1 Å². The lowest BCUT2D eigenvalue weighted by Crippen LogP contribution is -2.38. The van der Waals surface area contributed by atoms with E-state index >= 15 is 0 Å². The third kappa shape index (κ3) is 2.91. The Hall–Kier alpha value is -2.08. The van der Waals surface area contributed by atoms with Crippen LogP contribution in [0.4, 0.5) is 9.18 Å². The molecule has 1 aliphatic rings. The molecule has 1 atom stereocenters. The first-order chi connectivity index (χ1) is 10.7. The molecular formula is C17H20FNO4. The van der Waals surface area contributed by atoms with Gasteiger partial charge < -0.3 is 19.2 Å². The molecule has 1 unspecified atom stereocenters. The number of benzene rings is 1. The molecule has 0 aliphatic carbocycles. The van der Waals surface area contributed by atoms with Crippen molar-refractivity contribution < 1.29 is 23.4 Å². The Morgan fingerprint density at radius 2 is 2.13 bits per heavy atom. The standard InChI is InChI=1S/C17H20FNO4/c1-16(2,3)23-15(20)19-8-7-17(21,10-19)12-4-5-13(18)11-6-9-22-14(11)12/h4-6,9,21H,7-8,10H2,1-3H3. The molecule has 0 saturated carbocycles. The first-order valence-corrected chi connectivity index (χ1v) is 7.56. The molecule has 1 N–H and O–H groups in total. The Morgan fingerprint density at radius 3 is 2.83 bits per heavy atom. The van der Waals surface area contributed by atoms with E-state index in [1.807, 2.05) is 0 Å². The Balaban J connectivity index is 1.87. The van der Waals surface area contributed by atoms with Crippen LogP contribution in [0, 0.1) is 5.82 Å². The maximum atomic E-state index is 13.8. The van der Waals surface area contributed by atoms with Crippen molar-refractivity contribution in [2.24, 2.45) is 0 Å². The van der Waals surface area contributed by atoms with Crippen LogP contribution in [0.25, 0.3) is 11.0 Å². The number of hydrogen-bond donors (Lipinski definition) is 1. The van der Waals surface area contributed by atoms with Crippen LogP contribution in [-0.2, 0) is 10.3 Å². The smallest absolute Gasteiger partial charge is 0.410 e. The predicted molar refractivity (Wildman–Crippen MR) is 82.5 cm³/mol. The zero-order valence-corrected chi connectivity index (χ0v) is 13.4. The number of fused-ring (bicyclic) bond motifs is 1. The third-order valence-electron chi connectivity index (χ3n) is 3.96. The lowest BCUT2D eigenvalue weighted by atomic mass is 9.91. The van der Waals surface area contributed by atoms with Crippen molar-refractivity contribution in [1.82, 2.24) is 4.90 Å². The van der Waals surface area contributed by atoms with Crippen molar-refractivity contribution in [3.63, 3.8) is 0 Å². The molecule has 0 radical (unpaired) electrons. The molecule has 1 fully saturated rings. The molecule has 2 aromatic rings. The molecule has 23 heavy (non-hydrogen) atoms. The molecule has 124 valence electrons. The lowest BCUT2D eigenvalue weighted by molar-refractivity contribution is 0.0141. The number of rotatable bonds is 1. The molecule has 5 nitrogen and oxygen atoms in total. The van der Waals surface area contributed by atoms with E-state index in [9.17, 15) is 14.3 Å². The predicted octanol–water partition coefficient (Wildman–Crippen LogP) is 3.40. The number of β-amino-alcohol motifs (C(OH)–C–C–N with tert-alkyl or cyclic N) is 1. The van der Waals surface area contributed by atoms with Crippen molar-refractivity contribution in [2.75, 3.05) is 13.1 Å². The van der Waals surface area contributed by atoms with Gasteiger partial charge in [0.1, 0.15) is 22.6 Å². The number of likely N-dealkylation sites (tertiary alicyclic amines) is 1. The average molecular weight is 321 g/mol. The number of hydrogen-bond acceptors (Lipinski definition) is 4. The van der Waals surface area contributed by atoms with Gasteiger partial charge in [-0.1, -0.05) is 0 Å². The molecule has 3 rings (SSSR count). The van der Waals surface area contributed by atoms with Gasteiger partial charge in [-0.3, -0.25) is 0 Å². The van der Waals surface area contributed by atoms with Gasteiger partial charge >= 0.3 is 6.09 Å². The van der Waals surface area contributed by atoms with Crippen molar-refractivity contribution >= 4 is 17.1 Å². The molecule has 1 aromatic carbocycles. The zero-order valence-electron chi connectivity index (χ0n) is 13.4. The first-order valence-electron chi connectivity index (χ1n) is 7.56. The van der Waals surface area contributed by atoms with Crippen LogP contribution in [0.15, 0.2) is 28.9 Å². The second-order valence-corrected chi connectivity index (χ2v) is 6.94. The van der Waals surface area contributed by atoms with Gasteiger partial charge in [-0.25, -0.2) is 9.18 Å². The number of carbonyl (C=O) groups excluding carboxylic acids is 1. The minimum Gasteiger partial charge on any atom is -0.464 e. The van der Waals surface area contributed by atoms with Crippen LogP contribution in [0.1, 0.15) is 32.8 Å². The number of aliphatic hydroxyl groups is 1. The normalized spacial score (nSPS) is 21.9. The zero-order chi connectivity index (χ0) is 16.8. The fourth-order valence-electron chi connectivity index (χ4n) is 2.89. The van der Waals surface area contributed by atoms with Gasteiger partial charge in [0.15, 0.2) is 0 Å². The number of amides is 1. The lowest BCUT2D eigenvalue weighted by Gasteiger charge is -2.26. The van der Waals surface area contributed by atoms with Crippen LogP contribution >= 0.6 is 0 Å². The van der Waals surface area contributed by atoms with Crippen molar-refractivity contribution in [3.05, 3.63) is 35.8 Å². The van der Waals surface area contributed by atoms with Crippen molar-refractivity contribution in [1.29, 1.82) is 0 Å². The van der Waals surface area contributed by atoms with E-state index in [4.69, 9.17) is 9.15 Å². The average Bonchev–Trinajstić information content (AvgIpc) is 3.05. The summed E-state index contributed by atoms with van der Waals surface area (Å²) in [5, 5.41) is 11.3. The monoisotopic (exact) mass is 321 g/mol. The number of furan rings is 1. The molecule has 1 saturated heterocycles. The highest BCUT2D eigenvalue weighted by molar-refractivity contribution is 5.82. The number of halogens is 1. The van der Waals surface area contributed by atoms with E-state index in [1.165, 1.54) is 29.4 Å². The molecule has 1 aliphatic heterocycles. The summed E-state index contributed by atoms with van der Waals surface area (Å²) in [6.45, 7) is 5.83. The highest BCUT2D eigenvalue weighted by atomic mass is 19.1. The third-order valence-corrected chi connectivity index (χ3v) is 3.96. The summed E-state index contributed by atoms with van der Waals surface area (Å²) in [7, 11) is 0. The molecule has 2 heterocycles. The summed E-state index contributed by atoms with van der Waals surface area (Å²) in [4.78, 5) is 13.6. The summed E-state index contributed by atoms with van der Waals surface area (Å²) in [6.07, 6.45) is 1.26. The highest BCUT2D eigenvalue weighted by Crippen LogP contribution is 2.37. The minimum absolute atomic E-state index is 0.0867. The summed E-state index contributed by atoms with van der Waals surface area (Å²) >= 11 is 0. The van der Waals surface area contributed by atoms with Crippen LogP contribution in [0.5, 0.6) is 0 Å². The van der Waals surface area contributed by atoms with Gasteiger partial charge in [0, 0.05) is 12.1 Å². The molecule has 6 heteroatoms. The van der Waals surface area contributed by atoms with Gasteiger partial charge in [-0.05, 0) is 45.4 Å². The summed E-state index contributed by atoms with van der Waals surface area (Å²) in [5.74, 6) is -0.400. The van der Waals surface area contributed by atoms with Crippen molar-refractivity contribution in [3.8, 4) is 0 Å². The van der Waals surface area contributed by atoms with E-state index in [2.05, 4.69) is 0 Å². The number of carbonyl (C=O) groups is 1. The van der Waals surface area contributed by atoms with Crippen LogP contribution < -0.4 is 0 Å². The Bertz CT molecular complexity index is 749. The molecule has 0 bridgehead atoms. The number of ether oxygens (including phenoxy) is 1. The quantitative estimate of drug-likeness (QED) is 0.874. The SMILES string of the molecule is CC(C)(C)OC(=O)N1CCC(O)(c2ccc(F)c3ccoc23)C1. The van der Waals surface area contributed by atoms with Gasteiger partial charge in [-0.2, -0.15) is 0 Å². The maximum Gasteiger partial charge on any atom is 0.410 e. The van der Waals surface area contributed by atoms with Crippen LogP contribution in [0.2, 0.25) is 0 Å². The second-order valence-electron chi connectivity index (χ2n) is 6.94. The summed E-state index contributed by atoms with van der Waals surface area (Å²) in [6, 6.07) is 4.35. The molecule has 1 aromatic heterocycles. The van der Waals surface area contributed by atoms with Crippen molar-refractivity contribution in [2.45, 2.75) is 38.4 Å². The van der Waals surface area contributed by atoms with E-state index in [-0.39, 0.29) is 6.54 Å². The summed E-state index contributed by atoms with van der Waals surface area (Å²) < 4.78 is 24.5. The fraction of sp³-hybridized carbons (Fsp3) is 0.471. The van der Waals surface area contributed by atoms with E-state index in [0.29, 0.717) is 29.5 Å². The molecule has 1 amide bonds. The van der Waals surface area contributed by atoms with Gasteiger partial charge in [0.25, 0.3) is 0 Å². The number of nitrogens with zero attached hydrogens (tertiary/aromatic N) is 1. The largest absolute Gasteiger partial charge is 0.464 e. The van der Waals surface area contributed by atoms with Gasteiger partial charge in [0.05, 0.1) is 18.2 Å². The molecule has 0 spiro atoms. The topological polar surface area (TPSA) is 62.9 Å². The van der Waals surface area contributed by atoms with Gasteiger partial charge in [0.2, 0.25) is 0 Å². The first kappa shape index (κ1) is 15.8. The Kier molecular flexibility index (Phi) is 3.59. The summed E-state index contributed by atoms with van der Waals surface area (Å²) in [5.41, 5.74) is -1.06. The highest BCUT2D eigenvalue weighted by Gasteiger charge is 2.42. The fourth-order valence-corrected chi connectivity index (χ4v) is 2.89. The Morgan fingerprint density at radius 1 is 1.39 bits per heavy atom. The van der Waals surface area contributed by atoms with Gasteiger partial charge in [-0.15, -0.1) is 0 Å². The maximum absolute atomic E-state index is 13.8. The van der Waals surface area contributed by atoms with E-state index in [1.54, 1.807) is 20.8 Å². The second kappa shape index (κ2) is 5.23. The van der Waals surface area contributed by atoms with E-state index in [0.717, 1.165) is 0 Å². The minimum atomic E-state index is -1.28. The molecular weight excluding hydrogens is 301 g/mol. The Labute approximate surface area is 133 Å².